The van der Waals surface area contributed by atoms with Gasteiger partial charge in [-0.3, -0.25) is 10.1 Å². The van der Waals surface area contributed by atoms with Crippen molar-refractivity contribution in [3.63, 3.8) is 0 Å². The van der Waals surface area contributed by atoms with Crippen molar-refractivity contribution >= 4 is 11.5 Å². The molecule has 2 N–H and O–H groups in total. The van der Waals surface area contributed by atoms with E-state index < -0.39 is 10.5 Å². The third-order valence-electron chi connectivity index (χ3n) is 3.69. The zero-order valence-electron chi connectivity index (χ0n) is 11.0. The zero-order chi connectivity index (χ0) is 14.6. The lowest BCUT2D eigenvalue weighted by molar-refractivity contribution is -0.384. The number of aliphatic hydroxyl groups excluding tert-OH is 1. The predicted octanol–water partition coefficient (Wildman–Crippen LogP) is 1.97. The first kappa shape index (κ1) is 14.2. The van der Waals surface area contributed by atoms with Crippen LogP contribution in [0.3, 0.4) is 0 Å². The van der Waals surface area contributed by atoms with Crippen molar-refractivity contribution in [2.24, 2.45) is 0 Å². The van der Waals surface area contributed by atoms with Crippen LogP contribution in [0.1, 0.15) is 37.7 Å². The quantitative estimate of drug-likeness (QED) is 0.642. The van der Waals surface area contributed by atoms with Crippen LogP contribution in [-0.2, 0) is 0 Å². The number of anilines is 1. The Hall–Kier alpha value is -2.20. The summed E-state index contributed by atoms with van der Waals surface area (Å²) >= 11 is 0. The fourth-order valence-electron chi connectivity index (χ4n) is 2.55. The summed E-state index contributed by atoms with van der Waals surface area (Å²) in [7, 11) is 0. The van der Waals surface area contributed by atoms with Crippen molar-refractivity contribution in [1.29, 1.82) is 5.26 Å². The van der Waals surface area contributed by atoms with Crippen molar-refractivity contribution in [2.75, 3.05) is 11.9 Å². The maximum absolute atomic E-state index is 11.1. The van der Waals surface area contributed by atoms with Crippen LogP contribution < -0.4 is 5.32 Å². The number of nitriles is 1. The number of nitrogens with zero attached hydrogens (tertiary/aromatic N) is 3. The Bertz CT molecular complexity index is 547. The SMILES string of the molecule is N#Cc1cnc(NC2(CO)CCCCC2)c([N+](=O)[O-])c1. The molecular formula is C13H16N4O3. The van der Waals surface area contributed by atoms with Crippen LogP contribution in [0.4, 0.5) is 11.5 Å². The minimum atomic E-state index is -0.565. The zero-order valence-corrected chi connectivity index (χ0v) is 11.0. The van der Waals surface area contributed by atoms with Gasteiger partial charge in [-0.15, -0.1) is 0 Å². The van der Waals surface area contributed by atoms with E-state index in [1.807, 2.05) is 6.07 Å². The second kappa shape index (κ2) is 5.84. The first-order chi connectivity index (χ1) is 9.60. The monoisotopic (exact) mass is 276 g/mol. The Balaban J connectivity index is 2.32. The lowest BCUT2D eigenvalue weighted by Crippen LogP contribution is -2.44. The largest absolute Gasteiger partial charge is 0.394 e. The minimum Gasteiger partial charge on any atom is -0.394 e. The molecule has 1 aliphatic carbocycles. The van der Waals surface area contributed by atoms with Gasteiger partial charge in [0.05, 0.1) is 22.6 Å². The predicted molar refractivity (Wildman–Crippen MR) is 72.1 cm³/mol. The highest BCUT2D eigenvalue weighted by Crippen LogP contribution is 2.33. The summed E-state index contributed by atoms with van der Waals surface area (Å²) in [6.45, 7) is -0.0914. The van der Waals surface area contributed by atoms with Crippen molar-refractivity contribution in [2.45, 2.75) is 37.6 Å². The van der Waals surface area contributed by atoms with Gasteiger partial charge < -0.3 is 10.4 Å². The second-order valence-corrected chi connectivity index (χ2v) is 5.08. The molecule has 1 heterocycles. The molecule has 1 saturated carbocycles. The molecule has 20 heavy (non-hydrogen) atoms. The van der Waals surface area contributed by atoms with Crippen LogP contribution >= 0.6 is 0 Å². The lowest BCUT2D eigenvalue weighted by Gasteiger charge is -2.36. The fraction of sp³-hybridized carbons (Fsp3) is 0.538. The topological polar surface area (TPSA) is 112 Å². The summed E-state index contributed by atoms with van der Waals surface area (Å²) in [5, 5.41) is 32.5. The molecular weight excluding hydrogens is 260 g/mol. The lowest BCUT2D eigenvalue weighted by atomic mass is 9.82. The molecule has 0 bridgehead atoms. The number of hydrogen-bond donors (Lipinski definition) is 2. The van der Waals surface area contributed by atoms with E-state index >= 15 is 0 Å². The van der Waals surface area contributed by atoms with Gasteiger partial charge >= 0.3 is 5.69 Å². The van der Waals surface area contributed by atoms with Crippen molar-refractivity contribution in [1.82, 2.24) is 4.98 Å². The summed E-state index contributed by atoms with van der Waals surface area (Å²) in [4.78, 5) is 14.5. The number of aromatic nitrogens is 1. The van der Waals surface area contributed by atoms with Crippen molar-refractivity contribution in [3.05, 3.63) is 27.9 Å². The molecule has 1 aliphatic rings. The summed E-state index contributed by atoms with van der Waals surface area (Å²) in [6.07, 6.45) is 5.84. The number of rotatable bonds is 4. The van der Waals surface area contributed by atoms with Gasteiger partial charge in [-0.1, -0.05) is 19.3 Å². The van der Waals surface area contributed by atoms with Gasteiger partial charge in [0.2, 0.25) is 5.82 Å². The Morgan fingerprint density at radius 1 is 1.50 bits per heavy atom. The van der Waals surface area contributed by atoms with Crippen LogP contribution in [0.25, 0.3) is 0 Å². The highest BCUT2D eigenvalue weighted by atomic mass is 16.6. The second-order valence-electron chi connectivity index (χ2n) is 5.08. The van der Waals surface area contributed by atoms with Crippen LogP contribution in [0, 0.1) is 21.4 Å². The molecule has 2 rings (SSSR count). The molecule has 0 spiro atoms. The minimum absolute atomic E-state index is 0.0914. The number of pyridine rings is 1. The van der Waals surface area contributed by atoms with E-state index in [0.29, 0.717) is 0 Å². The van der Waals surface area contributed by atoms with Crippen LogP contribution in [-0.4, -0.2) is 27.2 Å². The maximum Gasteiger partial charge on any atom is 0.312 e. The van der Waals surface area contributed by atoms with Crippen LogP contribution in [0.2, 0.25) is 0 Å². The maximum atomic E-state index is 11.1. The highest BCUT2D eigenvalue weighted by molar-refractivity contribution is 5.59. The molecule has 0 amide bonds. The van der Waals surface area contributed by atoms with E-state index in [1.165, 1.54) is 12.3 Å². The Labute approximate surface area is 116 Å². The number of aliphatic hydroxyl groups is 1. The summed E-state index contributed by atoms with van der Waals surface area (Å²) in [5.41, 5.74) is -0.643. The van der Waals surface area contributed by atoms with Crippen LogP contribution in [0.5, 0.6) is 0 Å². The summed E-state index contributed by atoms with van der Waals surface area (Å²) in [6, 6.07) is 3.03. The standard InChI is InChI=1S/C13H16N4O3/c14-7-10-6-11(17(19)20)12(15-8-10)16-13(9-18)4-2-1-3-5-13/h6,8,18H,1-5,9H2,(H,15,16). The van der Waals surface area contributed by atoms with Gasteiger partial charge in [-0.25, -0.2) is 4.98 Å². The summed E-state index contributed by atoms with van der Waals surface area (Å²) in [5.74, 6) is 0.116. The van der Waals surface area contributed by atoms with E-state index in [-0.39, 0.29) is 23.7 Å². The average Bonchev–Trinajstić information content (AvgIpc) is 2.48. The normalized spacial score (nSPS) is 17.2. The number of hydrogen-bond acceptors (Lipinski definition) is 6. The van der Waals surface area contributed by atoms with E-state index in [0.717, 1.165) is 32.1 Å². The highest BCUT2D eigenvalue weighted by Gasteiger charge is 2.33. The number of nitrogens with one attached hydrogen (secondary N) is 1. The van der Waals surface area contributed by atoms with Gasteiger partial charge in [0.25, 0.3) is 0 Å². The van der Waals surface area contributed by atoms with Crippen molar-refractivity contribution < 1.29 is 10.0 Å². The molecule has 0 radical (unpaired) electrons. The van der Waals surface area contributed by atoms with E-state index in [4.69, 9.17) is 5.26 Å². The van der Waals surface area contributed by atoms with Gasteiger partial charge in [0, 0.05) is 12.3 Å². The molecule has 0 unspecified atom stereocenters. The third kappa shape index (κ3) is 2.86. The number of nitro groups is 1. The van der Waals surface area contributed by atoms with Gasteiger partial charge in [0.1, 0.15) is 6.07 Å². The molecule has 1 aromatic rings. The first-order valence-electron chi connectivity index (χ1n) is 6.54. The molecule has 0 saturated heterocycles. The van der Waals surface area contributed by atoms with Gasteiger partial charge in [0.15, 0.2) is 0 Å². The van der Waals surface area contributed by atoms with Gasteiger partial charge in [-0.05, 0) is 12.8 Å². The Morgan fingerprint density at radius 2 is 2.20 bits per heavy atom. The van der Waals surface area contributed by atoms with Crippen LogP contribution in [0.15, 0.2) is 12.3 Å². The van der Waals surface area contributed by atoms with E-state index in [1.54, 1.807) is 0 Å². The fourth-order valence-corrected chi connectivity index (χ4v) is 2.55. The summed E-state index contributed by atoms with van der Waals surface area (Å²) < 4.78 is 0. The molecule has 0 aromatic carbocycles. The van der Waals surface area contributed by atoms with E-state index in [9.17, 15) is 15.2 Å². The van der Waals surface area contributed by atoms with Crippen molar-refractivity contribution in [3.8, 4) is 6.07 Å². The molecule has 7 nitrogen and oxygen atoms in total. The molecule has 1 aromatic heterocycles. The molecule has 106 valence electrons. The van der Waals surface area contributed by atoms with E-state index in [2.05, 4.69) is 10.3 Å². The van der Waals surface area contributed by atoms with Gasteiger partial charge in [-0.2, -0.15) is 5.26 Å². The molecule has 0 atom stereocenters. The Kier molecular flexibility index (Phi) is 4.15. The molecule has 1 fully saturated rings. The third-order valence-corrected chi connectivity index (χ3v) is 3.69. The molecule has 0 aliphatic heterocycles. The smallest absolute Gasteiger partial charge is 0.312 e. The molecule has 7 heteroatoms. The first-order valence-corrected chi connectivity index (χ1v) is 6.54. The average molecular weight is 276 g/mol. The Morgan fingerprint density at radius 3 is 2.75 bits per heavy atom.